The van der Waals surface area contributed by atoms with Crippen molar-refractivity contribution in [2.24, 2.45) is 0 Å². The number of pyridine rings is 1. The molecule has 0 aliphatic carbocycles. The SMILES string of the molecule is CCOC(=O)CN1CCN(C(=O)NC2(c3ccccn3)CCN(CCC3(c4ccc(Cl)c(Cl)c4)CCN(C(=O)c4cc(OC)c(OC)c(OC)c4)C3)CC2)CC1. The van der Waals surface area contributed by atoms with Crippen molar-refractivity contribution in [2.45, 2.75) is 43.6 Å². The lowest BCUT2D eigenvalue weighted by atomic mass is 9.76. The van der Waals surface area contributed by atoms with Crippen LogP contribution in [0.4, 0.5) is 4.79 Å². The second-order valence-electron chi connectivity index (χ2n) is 14.7. The second kappa shape index (κ2) is 18.3. The maximum atomic E-state index is 14.1. The smallest absolute Gasteiger partial charge is 0.320 e. The van der Waals surface area contributed by atoms with Crippen molar-refractivity contribution < 1.29 is 33.3 Å². The largest absolute Gasteiger partial charge is 0.493 e. The molecule has 0 bridgehead atoms. The fourth-order valence-electron chi connectivity index (χ4n) is 8.25. The first-order valence-corrected chi connectivity index (χ1v) is 19.9. The Kier molecular flexibility index (Phi) is 13.5. The molecule has 13 nitrogen and oxygen atoms in total. The normalized spacial score (nSPS) is 20.0. The van der Waals surface area contributed by atoms with Crippen LogP contribution in [0.15, 0.2) is 54.7 Å². The monoisotopic (exact) mass is 810 g/mol. The fraction of sp³-hybridized carbons (Fsp3) is 0.512. The number of carbonyl (C=O) groups excluding carboxylic acids is 3. The van der Waals surface area contributed by atoms with Crippen LogP contribution in [0.5, 0.6) is 17.2 Å². The molecule has 3 aromatic rings. The quantitative estimate of drug-likeness (QED) is 0.222. The van der Waals surface area contributed by atoms with E-state index in [4.69, 9.17) is 47.1 Å². The van der Waals surface area contributed by atoms with Gasteiger partial charge in [-0.2, -0.15) is 0 Å². The Morgan fingerprint density at radius 2 is 1.52 bits per heavy atom. The van der Waals surface area contributed by atoms with Crippen LogP contribution in [0.3, 0.4) is 0 Å². The molecule has 15 heteroatoms. The van der Waals surface area contributed by atoms with Gasteiger partial charge in [-0.15, -0.1) is 0 Å². The third-order valence-corrected chi connectivity index (χ3v) is 12.3. The van der Waals surface area contributed by atoms with Crippen LogP contribution in [0.25, 0.3) is 0 Å². The molecule has 302 valence electrons. The first-order valence-electron chi connectivity index (χ1n) is 19.2. The average Bonchev–Trinajstić information content (AvgIpc) is 3.67. The van der Waals surface area contributed by atoms with Gasteiger partial charge in [0.15, 0.2) is 11.5 Å². The Hall–Kier alpha value is -4.30. The zero-order chi connectivity index (χ0) is 39.9. The molecule has 1 atom stereocenters. The van der Waals surface area contributed by atoms with E-state index in [9.17, 15) is 14.4 Å². The molecule has 1 aromatic heterocycles. The summed E-state index contributed by atoms with van der Waals surface area (Å²) < 4.78 is 21.7. The molecule has 3 fully saturated rings. The minimum Gasteiger partial charge on any atom is -0.493 e. The van der Waals surface area contributed by atoms with Crippen molar-refractivity contribution in [3.63, 3.8) is 0 Å². The van der Waals surface area contributed by atoms with Crippen LogP contribution in [-0.4, -0.2) is 136 Å². The number of piperidine rings is 1. The van der Waals surface area contributed by atoms with Gasteiger partial charge in [0.2, 0.25) is 5.75 Å². The highest BCUT2D eigenvalue weighted by molar-refractivity contribution is 6.42. The first-order chi connectivity index (χ1) is 27.0. The van der Waals surface area contributed by atoms with E-state index in [0.717, 1.165) is 43.7 Å². The standard InChI is InChI=1S/C41H52Cl2N6O7/c1-5-56-36(50)27-47-20-22-48(23-21-47)39(52)45-41(35-8-6-7-15-44-35)13-17-46(18-14-41)16-11-40(30-9-10-31(42)32(43)26-30)12-19-49(28-40)38(51)29-24-33(53-2)37(55-4)34(25-29)54-3/h6-10,15,24-26H,5,11-14,16-23,27-28H2,1-4H3,(H,45,52). The summed E-state index contributed by atoms with van der Waals surface area (Å²) in [6.45, 7) is 7.94. The predicted octanol–water partition coefficient (Wildman–Crippen LogP) is 5.47. The van der Waals surface area contributed by atoms with Crippen LogP contribution in [0, 0.1) is 0 Å². The molecule has 4 heterocycles. The van der Waals surface area contributed by atoms with Gasteiger partial charge in [-0.25, -0.2) is 4.79 Å². The number of ether oxygens (including phenoxy) is 4. The third kappa shape index (κ3) is 9.12. The van der Waals surface area contributed by atoms with Crippen LogP contribution in [0.1, 0.15) is 54.2 Å². The Morgan fingerprint density at radius 3 is 2.12 bits per heavy atom. The number of nitrogens with one attached hydrogen (secondary N) is 1. The molecular weight excluding hydrogens is 759 g/mol. The molecular formula is C41H52Cl2N6O7. The van der Waals surface area contributed by atoms with Gasteiger partial charge in [0.05, 0.1) is 55.8 Å². The summed E-state index contributed by atoms with van der Waals surface area (Å²) in [6, 6.07) is 14.9. The predicted molar refractivity (Wildman–Crippen MR) is 214 cm³/mol. The lowest BCUT2D eigenvalue weighted by Crippen LogP contribution is -2.59. The van der Waals surface area contributed by atoms with Crippen molar-refractivity contribution in [1.82, 2.24) is 29.9 Å². The number of amides is 3. The zero-order valence-electron chi connectivity index (χ0n) is 32.7. The third-order valence-electron chi connectivity index (χ3n) is 11.5. The van der Waals surface area contributed by atoms with Crippen molar-refractivity contribution in [2.75, 3.05) is 93.4 Å². The molecule has 2 aromatic carbocycles. The lowest BCUT2D eigenvalue weighted by molar-refractivity contribution is -0.144. The van der Waals surface area contributed by atoms with E-state index < -0.39 is 5.54 Å². The number of methoxy groups -OCH3 is 3. The minimum absolute atomic E-state index is 0.124. The van der Waals surface area contributed by atoms with Crippen LogP contribution in [-0.2, 0) is 20.5 Å². The van der Waals surface area contributed by atoms with Gasteiger partial charge in [-0.1, -0.05) is 35.3 Å². The molecule has 3 saturated heterocycles. The number of nitrogens with zero attached hydrogens (tertiary/aromatic N) is 5. The highest BCUT2D eigenvalue weighted by Crippen LogP contribution is 2.43. The molecule has 1 unspecified atom stereocenters. The van der Waals surface area contributed by atoms with Gasteiger partial charge in [0.1, 0.15) is 0 Å². The Labute approximate surface area is 339 Å². The van der Waals surface area contributed by atoms with Gasteiger partial charge in [-0.3, -0.25) is 19.5 Å². The zero-order valence-corrected chi connectivity index (χ0v) is 34.2. The summed E-state index contributed by atoms with van der Waals surface area (Å²) in [7, 11) is 4.60. The molecule has 0 spiro atoms. The lowest BCUT2D eigenvalue weighted by Gasteiger charge is -2.44. The molecule has 0 radical (unpaired) electrons. The van der Waals surface area contributed by atoms with Crippen LogP contribution < -0.4 is 19.5 Å². The highest BCUT2D eigenvalue weighted by atomic mass is 35.5. The summed E-state index contributed by atoms with van der Waals surface area (Å²) in [5.74, 6) is 0.893. The van der Waals surface area contributed by atoms with E-state index in [0.29, 0.717) is 91.6 Å². The van der Waals surface area contributed by atoms with Crippen LogP contribution >= 0.6 is 23.2 Å². The summed E-state index contributed by atoms with van der Waals surface area (Å²) in [5, 5.41) is 4.37. The Balaban J connectivity index is 1.15. The van der Waals surface area contributed by atoms with E-state index in [1.807, 2.05) is 51.1 Å². The molecule has 3 aliphatic heterocycles. The summed E-state index contributed by atoms with van der Waals surface area (Å²) in [4.78, 5) is 52.7. The van der Waals surface area contributed by atoms with E-state index >= 15 is 0 Å². The van der Waals surface area contributed by atoms with E-state index in [2.05, 4.69) is 10.2 Å². The number of piperazine rings is 1. The van der Waals surface area contributed by atoms with Gasteiger partial charge >= 0.3 is 12.0 Å². The first kappa shape index (κ1) is 41.3. The number of hydrogen-bond acceptors (Lipinski definition) is 10. The van der Waals surface area contributed by atoms with Gasteiger partial charge in [0, 0.05) is 69.5 Å². The second-order valence-corrected chi connectivity index (χ2v) is 15.5. The minimum atomic E-state index is -0.630. The van der Waals surface area contributed by atoms with E-state index in [-0.39, 0.29) is 29.9 Å². The highest BCUT2D eigenvalue weighted by Gasteiger charge is 2.44. The van der Waals surface area contributed by atoms with Crippen molar-refractivity contribution >= 4 is 41.1 Å². The topological polar surface area (TPSA) is 126 Å². The maximum absolute atomic E-state index is 14.1. The number of benzene rings is 2. The summed E-state index contributed by atoms with van der Waals surface area (Å²) >= 11 is 13.0. The Bertz CT molecular complexity index is 1830. The summed E-state index contributed by atoms with van der Waals surface area (Å²) in [5.41, 5.74) is 1.34. The molecule has 3 aliphatic rings. The number of rotatable bonds is 13. The van der Waals surface area contributed by atoms with Gasteiger partial charge in [-0.05, 0) is 81.1 Å². The molecule has 3 amide bonds. The van der Waals surface area contributed by atoms with Crippen molar-refractivity contribution in [3.8, 4) is 17.2 Å². The number of urea groups is 1. The number of carbonyl (C=O) groups is 3. The molecule has 6 rings (SSSR count). The number of hydrogen-bond donors (Lipinski definition) is 1. The average molecular weight is 812 g/mol. The van der Waals surface area contributed by atoms with Crippen molar-refractivity contribution in [1.29, 1.82) is 0 Å². The Morgan fingerprint density at radius 1 is 0.804 bits per heavy atom. The number of likely N-dealkylation sites (tertiary alicyclic amines) is 2. The fourth-order valence-corrected chi connectivity index (χ4v) is 8.54. The van der Waals surface area contributed by atoms with Crippen LogP contribution in [0.2, 0.25) is 10.0 Å². The molecule has 56 heavy (non-hydrogen) atoms. The molecule has 1 N–H and O–H groups in total. The number of esters is 1. The summed E-state index contributed by atoms with van der Waals surface area (Å²) in [6.07, 6.45) is 4.67. The van der Waals surface area contributed by atoms with E-state index in [1.54, 1.807) is 25.3 Å². The molecule has 0 saturated carbocycles. The number of aromatic nitrogens is 1. The van der Waals surface area contributed by atoms with E-state index in [1.165, 1.54) is 21.3 Å². The maximum Gasteiger partial charge on any atom is 0.320 e. The van der Waals surface area contributed by atoms with Gasteiger partial charge < -0.3 is 39.0 Å². The van der Waals surface area contributed by atoms with Gasteiger partial charge in [0.25, 0.3) is 5.91 Å². The number of halogens is 2. The van der Waals surface area contributed by atoms with Crippen molar-refractivity contribution in [3.05, 3.63) is 81.6 Å².